The number of carbonyl (C=O) groups is 6. The summed E-state index contributed by atoms with van der Waals surface area (Å²) in [6, 6.07) is 0. The minimum Gasteiger partial charge on any atom is -0.566 e. The summed E-state index contributed by atoms with van der Waals surface area (Å²) >= 11 is 0. The number of esters is 6. The predicted octanol–water partition coefficient (Wildman–Crippen LogP) is 1.03. The first kappa shape index (κ1) is 52.9. The summed E-state index contributed by atoms with van der Waals surface area (Å²) in [5.74, 6) is -5.31. The lowest BCUT2D eigenvalue weighted by molar-refractivity contribution is -0.894. The Kier molecular flexibility index (Phi) is 22.1. The summed E-state index contributed by atoms with van der Waals surface area (Å²) in [7, 11) is -6.17. The van der Waals surface area contributed by atoms with E-state index in [2.05, 4.69) is 20.8 Å². The number of hydrogen-bond donors (Lipinski definition) is 1. The molecule has 2 saturated heterocycles. The number of quaternary nitrogens is 1. The third-order valence-electron chi connectivity index (χ3n) is 9.54. The number of ether oxygens (including phenoxy) is 9. The van der Waals surface area contributed by atoms with Crippen molar-refractivity contribution in [2.75, 3.05) is 32.8 Å². The average Bonchev–Trinajstić information content (AvgIpc) is 3.07. The molecule has 22 heteroatoms. The van der Waals surface area contributed by atoms with Crippen molar-refractivity contribution < 1.29 is 94.7 Å². The third kappa shape index (κ3) is 17.2. The van der Waals surface area contributed by atoms with E-state index in [-0.39, 0.29) is 11.6 Å². The van der Waals surface area contributed by atoms with Gasteiger partial charge in [-0.05, 0) is 43.5 Å². The van der Waals surface area contributed by atoms with Crippen LogP contribution in [0.15, 0.2) is 0 Å². The molecule has 1 unspecified atom stereocenters. The average molecular weight is 873 g/mol. The maximum atomic E-state index is 12.4. The van der Waals surface area contributed by atoms with E-state index in [9.17, 15) is 38.2 Å². The number of rotatable bonds is 17. The Balaban J connectivity index is 0.00000219. The van der Waals surface area contributed by atoms with E-state index < -0.39 is 120 Å². The molecule has 2 aliphatic heterocycles. The molecule has 0 aliphatic carbocycles. The SMILES string of the molecule is CC(=O)OC[C@H]1O[C@H](O[P+](=O)[O-])[C@@H](OC(C)=O)[C@@H](OC(C)=O)[C@@H]1O[C@@H]1O[C@H](CO[Si](C)(C)C(C)(C)C)[C@H](OC(C)=O)[C@H](OC(C)=O)[C@H]1OC(C)=O.CC[NH+](CC)CC. The highest BCUT2D eigenvalue weighted by molar-refractivity contribution is 7.30. The Labute approximate surface area is 342 Å². The van der Waals surface area contributed by atoms with Crippen LogP contribution in [0.2, 0.25) is 18.1 Å². The minimum atomic E-state index is -3.65. The van der Waals surface area contributed by atoms with Crippen molar-refractivity contribution in [2.24, 2.45) is 0 Å². The van der Waals surface area contributed by atoms with Gasteiger partial charge in [0, 0.05) is 41.5 Å². The van der Waals surface area contributed by atoms with Gasteiger partial charge in [-0.3, -0.25) is 28.8 Å². The first-order valence-corrected chi connectivity index (χ1v) is 23.0. The number of carbonyl (C=O) groups excluding carboxylic acids is 6. The van der Waals surface area contributed by atoms with Crippen LogP contribution in [0.5, 0.6) is 0 Å². The van der Waals surface area contributed by atoms with Gasteiger partial charge in [0.1, 0.15) is 24.9 Å². The standard InChI is InChI=1S/C30H47O19PSi.C6H15N/c1-14(31)39-12-20-23(25(43-17(4)34)27(45-19(6)36)29(47-20)49-50(37)38)48-28-26(44-18(5)35)24(42-16(3)33)22(41-15(2)32)21(46-28)13-40-51(10,11)30(7,8)9;1-4-7(5-2)6-3/h20-29H,12-13H2,1-11H3;4-6H2,1-3H3/p+1/t20-,21-,22+,23-,24+,25+,26-,27+,28+,29-;/m1./s1. The Bertz CT molecular complexity index is 1400. The molecule has 58 heavy (non-hydrogen) atoms. The van der Waals surface area contributed by atoms with Crippen LogP contribution in [-0.4, -0.2) is 138 Å². The quantitative estimate of drug-likeness (QED) is 0.0928. The fourth-order valence-electron chi connectivity index (χ4n) is 5.70. The molecule has 0 bridgehead atoms. The van der Waals surface area contributed by atoms with Gasteiger partial charge in [-0.2, -0.15) is 0 Å². The molecular formula is C36H63NO19PSi+. The monoisotopic (exact) mass is 872 g/mol. The predicted molar refractivity (Wildman–Crippen MR) is 201 cm³/mol. The van der Waals surface area contributed by atoms with Gasteiger partial charge in [-0.1, -0.05) is 20.8 Å². The van der Waals surface area contributed by atoms with E-state index in [1.165, 1.54) is 19.6 Å². The molecule has 1 N–H and O–H groups in total. The van der Waals surface area contributed by atoms with E-state index in [1.807, 2.05) is 33.9 Å². The molecule has 0 saturated carbocycles. The van der Waals surface area contributed by atoms with E-state index >= 15 is 0 Å². The molecule has 0 aromatic carbocycles. The highest BCUT2D eigenvalue weighted by Crippen LogP contribution is 2.39. The Morgan fingerprint density at radius 3 is 1.36 bits per heavy atom. The molecule has 11 atom stereocenters. The second kappa shape index (κ2) is 24.2. The highest BCUT2D eigenvalue weighted by atomic mass is 31.1. The maximum Gasteiger partial charge on any atom is 0.491 e. The van der Waals surface area contributed by atoms with Gasteiger partial charge >= 0.3 is 44.1 Å². The van der Waals surface area contributed by atoms with Crippen molar-refractivity contribution in [3.63, 3.8) is 0 Å². The molecule has 2 rings (SSSR count). The zero-order valence-electron chi connectivity index (χ0n) is 36.0. The van der Waals surface area contributed by atoms with Crippen LogP contribution in [0.4, 0.5) is 0 Å². The second-order valence-corrected chi connectivity index (χ2v) is 20.5. The molecule has 0 amide bonds. The second-order valence-electron chi connectivity index (χ2n) is 15.1. The van der Waals surface area contributed by atoms with Gasteiger partial charge in [0.25, 0.3) is 6.29 Å². The number of hydrogen-bond acceptors (Lipinski definition) is 19. The van der Waals surface area contributed by atoms with Crippen LogP contribution in [-0.2, 0) is 84.9 Å². The first-order chi connectivity index (χ1) is 26.8. The molecular weight excluding hydrogens is 809 g/mol. The largest absolute Gasteiger partial charge is 0.566 e. The Hall–Kier alpha value is -3.14. The van der Waals surface area contributed by atoms with E-state index in [0.717, 1.165) is 41.5 Å². The van der Waals surface area contributed by atoms with Crippen molar-refractivity contribution in [3.8, 4) is 0 Å². The first-order valence-electron chi connectivity index (χ1n) is 19.0. The third-order valence-corrected chi connectivity index (χ3v) is 14.4. The molecule has 0 spiro atoms. The summed E-state index contributed by atoms with van der Waals surface area (Å²) in [6.45, 7) is 25.7. The van der Waals surface area contributed by atoms with Gasteiger partial charge in [-0.25, -0.2) is 0 Å². The number of nitrogens with one attached hydrogen (secondary N) is 1. The van der Waals surface area contributed by atoms with E-state index in [4.69, 9.17) is 51.6 Å². The van der Waals surface area contributed by atoms with Crippen molar-refractivity contribution in [3.05, 3.63) is 0 Å². The molecule has 0 aromatic heterocycles. The molecule has 2 aliphatic rings. The lowest BCUT2D eigenvalue weighted by atomic mass is 9.96. The van der Waals surface area contributed by atoms with Crippen LogP contribution in [0.1, 0.15) is 83.1 Å². The molecule has 2 fully saturated rings. The fraction of sp³-hybridized carbons (Fsp3) is 0.833. The molecule has 20 nitrogen and oxygen atoms in total. The summed E-state index contributed by atoms with van der Waals surface area (Å²) in [4.78, 5) is 86.9. The van der Waals surface area contributed by atoms with Crippen LogP contribution in [0, 0.1) is 0 Å². The molecule has 0 radical (unpaired) electrons. The normalized spacial score (nSPS) is 27.6. The summed E-state index contributed by atoms with van der Waals surface area (Å²) in [6.07, 6.45) is -16.4. The van der Waals surface area contributed by atoms with Gasteiger partial charge in [-0.15, -0.1) is 4.52 Å². The summed E-state index contributed by atoms with van der Waals surface area (Å²) in [5.41, 5.74) is 0. The van der Waals surface area contributed by atoms with Crippen molar-refractivity contribution in [2.45, 2.75) is 163 Å². The fourth-order valence-corrected chi connectivity index (χ4v) is 7.05. The topological polar surface area (TPSA) is 249 Å². The summed E-state index contributed by atoms with van der Waals surface area (Å²) in [5, 5.41) is -0.288. The van der Waals surface area contributed by atoms with Crippen molar-refractivity contribution >= 4 is 52.4 Å². The van der Waals surface area contributed by atoms with E-state index in [0.29, 0.717) is 0 Å². The maximum absolute atomic E-state index is 12.4. The van der Waals surface area contributed by atoms with Gasteiger partial charge in [0.2, 0.25) is 0 Å². The van der Waals surface area contributed by atoms with Crippen LogP contribution in [0.25, 0.3) is 0 Å². The minimum absolute atomic E-state index is 0.243. The van der Waals surface area contributed by atoms with Crippen LogP contribution in [0.3, 0.4) is 0 Å². The Morgan fingerprint density at radius 1 is 0.603 bits per heavy atom. The lowest BCUT2D eigenvalue weighted by Gasteiger charge is -2.48. The molecule has 334 valence electrons. The van der Waals surface area contributed by atoms with Crippen molar-refractivity contribution in [1.82, 2.24) is 0 Å². The van der Waals surface area contributed by atoms with Crippen molar-refractivity contribution in [1.29, 1.82) is 0 Å². The summed E-state index contributed by atoms with van der Waals surface area (Å²) < 4.78 is 73.6. The molecule has 2 heterocycles. The van der Waals surface area contributed by atoms with Gasteiger partial charge in [0.05, 0.1) is 26.2 Å². The van der Waals surface area contributed by atoms with Gasteiger partial charge in [0.15, 0.2) is 45.1 Å². The van der Waals surface area contributed by atoms with Crippen LogP contribution < -0.4 is 9.79 Å². The lowest BCUT2D eigenvalue weighted by Crippen LogP contribution is -3.11. The highest BCUT2D eigenvalue weighted by Gasteiger charge is 2.58. The van der Waals surface area contributed by atoms with E-state index in [1.54, 1.807) is 4.90 Å². The Morgan fingerprint density at radius 2 is 0.983 bits per heavy atom. The smallest absolute Gasteiger partial charge is 0.491 e. The zero-order valence-corrected chi connectivity index (χ0v) is 37.9. The zero-order chi connectivity index (χ0) is 44.7. The van der Waals surface area contributed by atoms with Gasteiger partial charge < -0.3 is 56.9 Å². The molecule has 0 aromatic rings. The van der Waals surface area contributed by atoms with Crippen LogP contribution >= 0.6 is 8.25 Å².